The zero-order chi connectivity index (χ0) is 12.5. The predicted octanol–water partition coefficient (Wildman–Crippen LogP) is 2.99. The van der Waals surface area contributed by atoms with Gasteiger partial charge in [0.2, 0.25) is 5.28 Å². The summed E-state index contributed by atoms with van der Waals surface area (Å²) < 4.78 is 0. The van der Waals surface area contributed by atoms with Gasteiger partial charge in [0.15, 0.2) is 11.5 Å². The number of fused-ring (bicyclic) bond motifs is 1. The maximum Gasteiger partial charge on any atom is 0.226 e. The first-order valence-electron chi connectivity index (χ1n) is 5.37. The van der Waals surface area contributed by atoms with E-state index in [-0.39, 0.29) is 5.28 Å². The van der Waals surface area contributed by atoms with Crippen molar-refractivity contribution in [2.24, 2.45) is 0 Å². The number of aryl methyl sites for hydroxylation is 1. The van der Waals surface area contributed by atoms with Crippen molar-refractivity contribution in [3.8, 4) is 0 Å². The van der Waals surface area contributed by atoms with Crippen molar-refractivity contribution in [2.45, 2.75) is 13.5 Å². The summed E-state index contributed by atoms with van der Waals surface area (Å²) in [6.07, 6.45) is 1.58. The second-order valence-corrected chi connectivity index (χ2v) is 5.26. The fourth-order valence-electron chi connectivity index (χ4n) is 1.71. The van der Waals surface area contributed by atoms with Crippen LogP contribution in [0.15, 0.2) is 17.8 Å². The van der Waals surface area contributed by atoms with Crippen LogP contribution in [0.3, 0.4) is 0 Å². The molecule has 0 aliphatic carbocycles. The molecule has 0 unspecified atom stereocenters. The highest BCUT2D eigenvalue weighted by Crippen LogP contribution is 2.21. The van der Waals surface area contributed by atoms with E-state index in [0.29, 0.717) is 18.0 Å². The molecule has 92 valence electrons. The van der Waals surface area contributed by atoms with E-state index in [1.54, 1.807) is 17.7 Å². The van der Waals surface area contributed by atoms with Crippen LogP contribution in [0.2, 0.25) is 5.28 Å². The molecule has 2 N–H and O–H groups in total. The number of hydrogen-bond acceptors (Lipinski definition) is 5. The average molecular weight is 280 g/mol. The van der Waals surface area contributed by atoms with E-state index in [1.807, 2.05) is 0 Å². The molecule has 18 heavy (non-hydrogen) atoms. The second kappa shape index (κ2) is 4.55. The number of halogens is 1. The van der Waals surface area contributed by atoms with Gasteiger partial charge in [0, 0.05) is 11.4 Å². The maximum absolute atomic E-state index is 5.86. The number of imidazole rings is 1. The molecule has 0 amide bonds. The van der Waals surface area contributed by atoms with Crippen molar-refractivity contribution in [3.63, 3.8) is 0 Å². The number of nitrogens with zero attached hydrogens (tertiary/aromatic N) is 3. The molecule has 0 aromatic carbocycles. The van der Waals surface area contributed by atoms with E-state index < -0.39 is 0 Å². The zero-order valence-corrected chi connectivity index (χ0v) is 11.1. The molecule has 0 spiro atoms. The minimum atomic E-state index is 0.194. The highest BCUT2D eigenvalue weighted by atomic mass is 35.5. The summed E-state index contributed by atoms with van der Waals surface area (Å²) in [4.78, 5) is 16.6. The topological polar surface area (TPSA) is 66.5 Å². The molecule has 3 heterocycles. The summed E-state index contributed by atoms with van der Waals surface area (Å²) in [5.41, 5.74) is 2.59. The molecule has 0 saturated heterocycles. The third kappa shape index (κ3) is 2.04. The van der Waals surface area contributed by atoms with Crippen LogP contribution in [-0.2, 0) is 6.54 Å². The number of thiophene rings is 1. The lowest BCUT2D eigenvalue weighted by molar-refractivity contribution is 1.09. The summed E-state index contributed by atoms with van der Waals surface area (Å²) in [7, 11) is 0. The molecule has 0 aliphatic rings. The Labute approximate surface area is 112 Å². The van der Waals surface area contributed by atoms with Gasteiger partial charge in [-0.3, -0.25) is 0 Å². The third-order valence-electron chi connectivity index (χ3n) is 2.67. The fourth-order valence-corrected chi connectivity index (χ4v) is 2.60. The van der Waals surface area contributed by atoms with Gasteiger partial charge >= 0.3 is 0 Å². The lowest BCUT2D eigenvalue weighted by Gasteiger charge is -2.06. The molecule has 0 atom stereocenters. The number of H-pyrrole nitrogens is 1. The van der Waals surface area contributed by atoms with Gasteiger partial charge in [-0.15, -0.1) is 11.3 Å². The predicted molar refractivity (Wildman–Crippen MR) is 73.1 cm³/mol. The minimum Gasteiger partial charge on any atom is -0.364 e. The Morgan fingerprint density at radius 1 is 1.44 bits per heavy atom. The number of aromatic nitrogens is 4. The first kappa shape index (κ1) is 11.4. The smallest absolute Gasteiger partial charge is 0.226 e. The van der Waals surface area contributed by atoms with Crippen LogP contribution in [0.4, 0.5) is 5.82 Å². The minimum absolute atomic E-state index is 0.194. The van der Waals surface area contributed by atoms with Crippen molar-refractivity contribution < 1.29 is 0 Å². The molecular formula is C11H10ClN5S. The molecule has 0 fully saturated rings. The summed E-state index contributed by atoms with van der Waals surface area (Å²) >= 11 is 7.59. The lowest BCUT2D eigenvalue weighted by Crippen LogP contribution is -2.03. The molecule has 0 bridgehead atoms. The van der Waals surface area contributed by atoms with Gasteiger partial charge < -0.3 is 10.3 Å². The van der Waals surface area contributed by atoms with Gasteiger partial charge in [0.25, 0.3) is 0 Å². The van der Waals surface area contributed by atoms with Crippen LogP contribution in [0.5, 0.6) is 0 Å². The fraction of sp³-hybridized carbons (Fsp3) is 0.182. The maximum atomic E-state index is 5.86. The molecule has 0 aliphatic heterocycles. The zero-order valence-electron chi connectivity index (χ0n) is 9.57. The molecule has 3 aromatic rings. The molecule has 7 heteroatoms. The number of nitrogens with one attached hydrogen (secondary N) is 2. The van der Waals surface area contributed by atoms with Crippen molar-refractivity contribution in [3.05, 3.63) is 33.5 Å². The SMILES string of the molecule is Cc1sccc1CNc1nc(Cl)nc2nc[nH]c12. The van der Waals surface area contributed by atoms with Gasteiger partial charge in [-0.2, -0.15) is 9.97 Å². The van der Waals surface area contributed by atoms with E-state index in [9.17, 15) is 0 Å². The number of anilines is 1. The summed E-state index contributed by atoms with van der Waals surface area (Å²) in [5.74, 6) is 0.674. The normalized spacial score (nSPS) is 11.0. The Morgan fingerprint density at radius 3 is 3.11 bits per heavy atom. The molecule has 3 aromatic heterocycles. The van der Waals surface area contributed by atoms with Crippen LogP contribution in [0, 0.1) is 6.92 Å². The van der Waals surface area contributed by atoms with Crippen molar-refractivity contribution in [2.75, 3.05) is 5.32 Å². The summed E-state index contributed by atoms with van der Waals surface area (Å²) in [6.45, 7) is 2.80. The van der Waals surface area contributed by atoms with E-state index in [4.69, 9.17) is 11.6 Å². The van der Waals surface area contributed by atoms with Crippen molar-refractivity contribution in [1.29, 1.82) is 0 Å². The van der Waals surface area contributed by atoms with Gasteiger partial charge in [0.05, 0.1) is 6.33 Å². The molecular weight excluding hydrogens is 270 g/mol. The first-order chi connectivity index (χ1) is 8.74. The molecule has 5 nitrogen and oxygen atoms in total. The quantitative estimate of drug-likeness (QED) is 0.723. The highest BCUT2D eigenvalue weighted by molar-refractivity contribution is 7.10. The number of rotatable bonds is 3. The Morgan fingerprint density at radius 2 is 2.33 bits per heavy atom. The van der Waals surface area contributed by atoms with Gasteiger partial charge in [-0.25, -0.2) is 4.98 Å². The standard InChI is InChI=1S/C11H10ClN5S/c1-6-7(2-3-18-6)4-13-9-8-10(15-5-14-8)17-11(12)16-9/h2-3,5H,4H2,1H3,(H2,13,14,15,16,17). The van der Waals surface area contributed by atoms with E-state index in [0.717, 1.165) is 5.52 Å². The third-order valence-corrected chi connectivity index (χ3v) is 3.73. The molecule has 0 radical (unpaired) electrons. The first-order valence-corrected chi connectivity index (χ1v) is 6.63. The Hall–Kier alpha value is -1.66. The second-order valence-electron chi connectivity index (χ2n) is 3.80. The van der Waals surface area contributed by atoms with Crippen LogP contribution in [-0.4, -0.2) is 19.9 Å². The average Bonchev–Trinajstić information content (AvgIpc) is 2.94. The number of hydrogen-bond donors (Lipinski definition) is 2. The van der Waals surface area contributed by atoms with Crippen LogP contribution < -0.4 is 5.32 Å². The summed E-state index contributed by atoms with van der Waals surface area (Å²) in [6, 6.07) is 2.10. The molecule has 0 saturated carbocycles. The van der Waals surface area contributed by atoms with E-state index in [1.165, 1.54) is 10.4 Å². The van der Waals surface area contributed by atoms with Gasteiger partial charge in [-0.05, 0) is 35.5 Å². The largest absolute Gasteiger partial charge is 0.364 e. The van der Waals surface area contributed by atoms with E-state index in [2.05, 4.69) is 43.6 Å². The Kier molecular flexibility index (Phi) is 2.89. The summed E-state index contributed by atoms with van der Waals surface area (Å²) in [5, 5.41) is 5.53. The monoisotopic (exact) mass is 279 g/mol. The Bertz CT molecular complexity index is 690. The number of aromatic amines is 1. The van der Waals surface area contributed by atoms with Crippen molar-refractivity contribution >= 4 is 39.9 Å². The van der Waals surface area contributed by atoms with Crippen LogP contribution >= 0.6 is 22.9 Å². The van der Waals surface area contributed by atoms with Gasteiger partial charge in [0.1, 0.15) is 5.52 Å². The van der Waals surface area contributed by atoms with Gasteiger partial charge in [-0.1, -0.05) is 0 Å². The lowest BCUT2D eigenvalue weighted by atomic mass is 10.2. The van der Waals surface area contributed by atoms with Crippen LogP contribution in [0.25, 0.3) is 11.2 Å². The Balaban J connectivity index is 1.90. The highest BCUT2D eigenvalue weighted by Gasteiger charge is 2.09. The van der Waals surface area contributed by atoms with Crippen molar-refractivity contribution in [1.82, 2.24) is 19.9 Å². The molecule has 3 rings (SSSR count). The van der Waals surface area contributed by atoms with Crippen LogP contribution in [0.1, 0.15) is 10.4 Å². The van der Waals surface area contributed by atoms with E-state index >= 15 is 0 Å².